The first-order valence-electron chi connectivity index (χ1n) is 9.76. The molecule has 1 aliphatic rings. The molecule has 2 amide bonds. The summed E-state index contributed by atoms with van der Waals surface area (Å²) in [5, 5.41) is 2.83. The monoisotopic (exact) mass is 364 g/mol. The average molecular weight is 364 g/mol. The first kappa shape index (κ1) is 19.2. The predicted octanol–water partition coefficient (Wildman–Crippen LogP) is 4.93. The van der Waals surface area contributed by atoms with Gasteiger partial charge >= 0.3 is 0 Å². The number of hydrogen-bond acceptors (Lipinski definition) is 2. The van der Waals surface area contributed by atoms with Crippen LogP contribution < -0.4 is 5.32 Å². The molecule has 2 aromatic carbocycles. The fourth-order valence-electron chi connectivity index (χ4n) is 3.85. The maximum absolute atomic E-state index is 13.3. The average Bonchev–Trinajstić information content (AvgIpc) is 3.20. The van der Waals surface area contributed by atoms with Crippen molar-refractivity contribution < 1.29 is 9.59 Å². The molecule has 0 saturated heterocycles. The van der Waals surface area contributed by atoms with Crippen LogP contribution in [0, 0.1) is 5.92 Å². The van der Waals surface area contributed by atoms with E-state index in [-0.39, 0.29) is 23.8 Å². The van der Waals surface area contributed by atoms with E-state index in [1.165, 1.54) is 6.92 Å². The first-order valence-corrected chi connectivity index (χ1v) is 9.76. The van der Waals surface area contributed by atoms with Gasteiger partial charge in [-0.3, -0.25) is 9.59 Å². The lowest BCUT2D eigenvalue weighted by atomic mass is 10.0. The van der Waals surface area contributed by atoms with Crippen LogP contribution in [0.25, 0.3) is 0 Å². The number of nitrogens with zero attached hydrogens (tertiary/aromatic N) is 1. The fraction of sp³-hybridized carbons (Fsp3) is 0.391. The minimum atomic E-state index is -0.0945. The number of rotatable bonds is 6. The molecule has 27 heavy (non-hydrogen) atoms. The molecule has 1 saturated carbocycles. The molecule has 4 heteroatoms. The fourth-order valence-corrected chi connectivity index (χ4v) is 3.85. The van der Waals surface area contributed by atoms with Gasteiger partial charge in [0.05, 0.1) is 6.04 Å². The largest absolute Gasteiger partial charge is 0.331 e. The molecular weight excluding hydrogens is 336 g/mol. The Balaban J connectivity index is 1.86. The number of anilines is 1. The summed E-state index contributed by atoms with van der Waals surface area (Å²) >= 11 is 0. The van der Waals surface area contributed by atoms with Crippen LogP contribution >= 0.6 is 0 Å². The van der Waals surface area contributed by atoms with Crippen LogP contribution in [0.5, 0.6) is 0 Å². The second-order valence-electron chi connectivity index (χ2n) is 7.42. The van der Waals surface area contributed by atoms with Gasteiger partial charge in [-0.1, -0.05) is 55.3 Å². The van der Waals surface area contributed by atoms with Crippen LogP contribution in [-0.2, 0) is 16.1 Å². The van der Waals surface area contributed by atoms with Crippen molar-refractivity contribution >= 4 is 17.5 Å². The number of benzene rings is 2. The normalized spacial score (nSPS) is 15.3. The molecule has 0 aliphatic heterocycles. The molecule has 0 radical (unpaired) electrons. The van der Waals surface area contributed by atoms with Gasteiger partial charge in [0, 0.05) is 25.1 Å². The van der Waals surface area contributed by atoms with Crippen molar-refractivity contribution in [3.8, 4) is 0 Å². The molecule has 142 valence electrons. The topological polar surface area (TPSA) is 49.4 Å². The molecule has 0 spiro atoms. The van der Waals surface area contributed by atoms with E-state index in [1.54, 1.807) is 0 Å². The molecule has 0 bridgehead atoms. The molecule has 4 nitrogen and oxygen atoms in total. The van der Waals surface area contributed by atoms with Crippen LogP contribution in [0.15, 0.2) is 54.6 Å². The van der Waals surface area contributed by atoms with Gasteiger partial charge in [-0.15, -0.1) is 0 Å². The number of nitrogens with one attached hydrogen (secondary N) is 1. The standard InChI is InChI=1S/C23H28N2O2/c1-17(21-13-8-14-22(15-21)24-18(2)26)25(16-19-9-4-3-5-10-19)23(27)20-11-6-7-12-20/h3-5,8-10,13-15,17,20H,6-7,11-12,16H2,1-2H3,(H,24,26)/t17-/m0/s1. The van der Waals surface area contributed by atoms with Crippen molar-refractivity contribution in [2.45, 2.75) is 52.1 Å². The second kappa shape index (κ2) is 8.85. The molecule has 2 aromatic rings. The Labute approximate surface area is 161 Å². The van der Waals surface area contributed by atoms with E-state index in [1.807, 2.05) is 47.4 Å². The number of amides is 2. The molecular formula is C23H28N2O2. The third-order valence-electron chi connectivity index (χ3n) is 5.34. The highest BCUT2D eigenvalue weighted by Gasteiger charge is 2.30. The third kappa shape index (κ3) is 4.97. The van der Waals surface area contributed by atoms with Crippen LogP contribution in [0.1, 0.15) is 56.7 Å². The number of carbonyl (C=O) groups excluding carboxylic acids is 2. The van der Waals surface area contributed by atoms with Gasteiger partial charge < -0.3 is 10.2 Å². The Hall–Kier alpha value is -2.62. The van der Waals surface area contributed by atoms with E-state index in [0.29, 0.717) is 6.54 Å². The van der Waals surface area contributed by atoms with E-state index < -0.39 is 0 Å². The Bertz CT molecular complexity index is 782. The summed E-state index contributed by atoms with van der Waals surface area (Å²) in [4.78, 5) is 26.7. The van der Waals surface area contributed by atoms with Crippen molar-refractivity contribution in [2.75, 3.05) is 5.32 Å². The van der Waals surface area contributed by atoms with Gasteiger partial charge in [-0.05, 0) is 43.0 Å². The highest BCUT2D eigenvalue weighted by Crippen LogP contribution is 2.32. The summed E-state index contributed by atoms with van der Waals surface area (Å²) in [5.74, 6) is 0.284. The van der Waals surface area contributed by atoms with E-state index in [0.717, 1.165) is 42.5 Å². The van der Waals surface area contributed by atoms with E-state index in [9.17, 15) is 9.59 Å². The highest BCUT2D eigenvalue weighted by atomic mass is 16.2. The van der Waals surface area contributed by atoms with E-state index in [2.05, 4.69) is 24.4 Å². The molecule has 3 rings (SSSR count). The summed E-state index contributed by atoms with van der Waals surface area (Å²) in [7, 11) is 0. The molecule has 0 aromatic heterocycles. The Kier molecular flexibility index (Phi) is 6.28. The zero-order valence-corrected chi connectivity index (χ0v) is 16.2. The molecule has 1 atom stereocenters. The Morgan fingerprint density at radius 3 is 2.44 bits per heavy atom. The lowest BCUT2D eigenvalue weighted by molar-refractivity contribution is -0.138. The van der Waals surface area contributed by atoms with Crippen molar-refractivity contribution in [3.05, 3.63) is 65.7 Å². The van der Waals surface area contributed by atoms with Crippen LogP contribution in [0.2, 0.25) is 0 Å². The molecule has 0 heterocycles. The van der Waals surface area contributed by atoms with Gasteiger partial charge in [0.15, 0.2) is 0 Å². The summed E-state index contributed by atoms with van der Waals surface area (Å²) in [6.45, 7) is 4.17. The zero-order chi connectivity index (χ0) is 19.2. The van der Waals surface area contributed by atoms with Crippen molar-refractivity contribution in [1.29, 1.82) is 0 Å². The van der Waals surface area contributed by atoms with Gasteiger partial charge in [0.2, 0.25) is 11.8 Å². The van der Waals surface area contributed by atoms with E-state index in [4.69, 9.17) is 0 Å². The predicted molar refractivity (Wildman–Crippen MR) is 108 cm³/mol. The lowest BCUT2D eigenvalue weighted by Gasteiger charge is -2.32. The van der Waals surface area contributed by atoms with Crippen LogP contribution in [-0.4, -0.2) is 16.7 Å². The summed E-state index contributed by atoms with van der Waals surface area (Å²) in [6.07, 6.45) is 4.26. The van der Waals surface area contributed by atoms with Gasteiger partial charge in [0.25, 0.3) is 0 Å². The van der Waals surface area contributed by atoms with Gasteiger partial charge in [-0.25, -0.2) is 0 Å². The molecule has 1 fully saturated rings. The molecule has 1 N–H and O–H groups in total. The van der Waals surface area contributed by atoms with Crippen LogP contribution in [0.3, 0.4) is 0 Å². The van der Waals surface area contributed by atoms with Crippen molar-refractivity contribution in [2.24, 2.45) is 5.92 Å². The molecule has 0 unspecified atom stereocenters. The summed E-state index contributed by atoms with van der Waals surface area (Å²) in [5.41, 5.74) is 2.93. The SMILES string of the molecule is CC(=O)Nc1cccc([C@H](C)N(Cc2ccccc2)C(=O)C2CCCC2)c1. The Morgan fingerprint density at radius 2 is 1.78 bits per heavy atom. The summed E-state index contributed by atoms with van der Waals surface area (Å²) < 4.78 is 0. The van der Waals surface area contributed by atoms with Gasteiger partial charge in [0.1, 0.15) is 0 Å². The summed E-state index contributed by atoms with van der Waals surface area (Å²) in [6, 6.07) is 17.9. The first-order chi connectivity index (χ1) is 13.0. The zero-order valence-electron chi connectivity index (χ0n) is 16.2. The third-order valence-corrected chi connectivity index (χ3v) is 5.34. The Morgan fingerprint density at radius 1 is 1.07 bits per heavy atom. The number of hydrogen-bond donors (Lipinski definition) is 1. The lowest BCUT2D eigenvalue weighted by Crippen LogP contribution is -2.37. The van der Waals surface area contributed by atoms with Gasteiger partial charge in [-0.2, -0.15) is 0 Å². The number of carbonyl (C=O) groups is 2. The molecule has 1 aliphatic carbocycles. The quantitative estimate of drug-likeness (QED) is 0.790. The maximum atomic E-state index is 13.3. The maximum Gasteiger partial charge on any atom is 0.226 e. The minimum absolute atomic E-state index is 0.0629. The minimum Gasteiger partial charge on any atom is -0.331 e. The highest BCUT2D eigenvalue weighted by molar-refractivity contribution is 5.88. The smallest absolute Gasteiger partial charge is 0.226 e. The van der Waals surface area contributed by atoms with E-state index >= 15 is 0 Å². The van der Waals surface area contributed by atoms with Crippen LogP contribution in [0.4, 0.5) is 5.69 Å². The van der Waals surface area contributed by atoms with Crippen molar-refractivity contribution in [3.63, 3.8) is 0 Å². The second-order valence-corrected chi connectivity index (χ2v) is 7.42. The van der Waals surface area contributed by atoms with Crippen molar-refractivity contribution in [1.82, 2.24) is 4.90 Å².